The summed E-state index contributed by atoms with van der Waals surface area (Å²) in [4.78, 5) is 0. The second-order valence-electron chi connectivity index (χ2n) is 1.97. The van der Waals surface area contributed by atoms with E-state index in [9.17, 15) is 0 Å². The lowest BCUT2D eigenvalue weighted by Gasteiger charge is -1.94. The molecule has 0 aromatic carbocycles. The summed E-state index contributed by atoms with van der Waals surface area (Å²) in [5.74, 6) is 5.60. The van der Waals surface area contributed by atoms with E-state index in [1.54, 1.807) is 0 Å². The Labute approximate surface area is 67.7 Å². The number of thioether (sulfide) groups is 2. The maximum atomic E-state index is 2.13. The summed E-state index contributed by atoms with van der Waals surface area (Å²) in [6.45, 7) is 0. The van der Waals surface area contributed by atoms with E-state index in [-0.39, 0.29) is 0 Å². The topological polar surface area (TPSA) is 0 Å². The van der Waals surface area contributed by atoms with Crippen molar-refractivity contribution in [3.63, 3.8) is 0 Å². The lowest BCUT2D eigenvalue weighted by Crippen LogP contribution is -1.85. The fraction of sp³-hybridized carbons (Fsp3) is 1.00. The molecule has 0 radical (unpaired) electrons. The molecule has 0 nitrogen and oxygen atoms in total. The van der Waals surface area contributed by atoms with Crippen LogP contribution >= 0.6 is 32.1 Å². The van der Waals surface area contributed by atoms with Crippen LogP contribution in [0.15, 0.2) is 0 Å². The zero-order valence-electron chi connectivity index (χ0n) is 5.56. The highest BCUT2D eigenvalue weighted by Gasteiger charge is 1.95. The minimum atomic E-state index is 1.24. The van der Waals surface area contributed by atoms with Gasteiger partial charge in [-0.25, -0.2) is 0 Å². The number of hydrogen-bond acceptors (Lipinski definition) is 2. The molecule has 54 valence electrons. The summed E-state index contributed by atoms with van der Waals surface area (Å²) < 4.78 is 0. The predicted molar refractivity (Wildman–Crippen MR) is 52.7 cm³/mol. The van der Waals surface area contributed by atoms with Gasteiger partial charge in [0.25, 0.3) is 0 Å². The first kappa shape index (κ1) is 8.23. The van der Waals surface area contributed by atoms with Crippen LogP contribution in [0.3, 0.4) is 0 Å². The van der Waals surface area contributed by atoms with Gasteiger partial charge in [-0.2, -0.15) is 23.5 Å². The van der Waals surface area contributed by atoms with Gasteiger partial charge in [-0.05, 0) is 23.8 Å². The molecule has 0 aliphatic carbocycles. The lowest BCUT2D eigenvalue weighted by molar-refractivity contribution is 1.48. The van der Waals surface area contributed by atoms with Crippen LogP contribution < -0.4 is 0 Å². The molecule has 0 spiro atoms. The molecular formula is C6H13PS2. The van der Waals surface area contributed by atoms with Gasteiger partial charge in [-0.3, -0.25) is 0 Å². The Morgan fingerprint density at radius 1 is 0.778 bits per heavy atom. The van der Waals surface area contributed by atoms with Crippen molar-refractivity contribution in [1.82, 2.24) is 0 Å². The molecule has 3 heteroatoms. The quantitative estimate of drug-likeness (QED) is 0.524. The van der Waals surface area contributed by atoms with Crippen molar-refractivity contribution in [2.45, 2.75) is 0 Å². The van der Waals surface area contributed by atoms with Crippen molar-refractivity contribution in [3.05, 3.63) is 0 Å². The third-order valence-corrected chi connectivity index (χ3v) is 5.38. The van der Waals surface area contributed by atoms with E-state index in [0.29, 0.717) is 0 Å². The van der Waals surface area contributed by atoms with Gasteiger partial charge in [0.05, 0.1) is 0 Å². The van der Waals surface area contributed by atoms with Crippen molar-refractivity contribution in [2.24, 2.45) is 0 Å². The molecular weight excluding hydrogens is 167 g/mol. The van der Waals surface area contributed by atoms with Crippen LogP contribution in [0.4, 0.5) is 0 Å². The van der Waals surface area contributed by atoms with E-state index in [2.05, 4.69) is 23.5 Å². The fourth-order valence-electron chi connectivity index (χ4n) is 0.736. The van der Waals surface area contributed by atoms with Crippen LogP contribution in [0.25, 0.3) is 0 Å². The molecule has 1 rings (SSSR count). The molecule has 1 aliphatic rings. The van der Waals surface area contributed by atoms with E-state index >= 15 is 0 Å². The normalized spacial score (nSPS) is 24.0. The molecule has 0 unspecified atom stereocenters. The Morgan fingerprint density at radius 3 is 1.89 bits per heavy atom. The Morgan fingerprint density at radius 2 is 1.33 bits per heavy atom. The van der Waals surface area contributed by atoms with Gasteiger partial charge < -0.3 is 0 Å². The van der Waals surface area contributed by atoms with Gasteiger partial charge in [0.1, 0.15) is 0 Å². The van der Waals surface area contributed by atoms with Crippen LogP contribution in [0.1, 0.15) is 0 Å². The third kappa shape index (κ3) is 4.52. The Kier molecular flexibility index (Phi) is 5.38. The molecule has 0 atom stereocenters. The average Bonchev–Trinajstić information content (AvgIpc) is 2.00. The van der Waals surface area contributed by atoms with Gasteiger partial charge in [0.15, 0.2) is 0 Å². The Hall–Kier alpha value is 1.13. The summed E-state index contributed by atoms with van der Waals surface area (Å²) in [5, 5.41) is 0. The average molecular weight is 180 g/mol. The van der Waals surface area contributed by atoms with Crippen molar-refractivity contribution in [3.8, 4) is 0 Å². The smallest absolute Gasteiger partial charge is 0.00237 e. The van der Waals surface area contributed by atoms with Gasteiger partial charge in [0, 0.05) is 11.5 Å². The van der Waals surface area contributed by atoms with E-state index < -0.39 is 0 Å². The summed E-state index contributed by atoms with van der Waals surface area (Å²) in [6.07, 6.45) is 2.95. The first-order chi connectivity index (χ1) is 4.50. The van der Waals surface area contributed by atoms with Crippen molar-refractivity contribution >= 4 is 32.1 Å². The maximum absolute atomic E-state index is 2.13. The summed E-state index contributed by atoms with van der Waals surface area (Å²) in [7, 11) is 1.24. The molecule has 0 N–H and O–H groups in total. The van der Waals surface area contributed by atoms with Gasteiger partial charge in [-0.15, -0.1) is 8.58 Å². The Balaban J connectivity index is 2.02. The van der Waals surface area contributed by atoms with Gasteiger partial charge in [0.2, 0.25) is 0 Å². The number of rotatable bonds is 0. The summed E-state index contributed by atoms with van der Waals surface area (Å²) in [5.41, 5.74) is 0. The minimum absolute atomic E-state index is 1.24. The highest BCUT2D eigenvalue weighted by Crippen LogP contribution is 2.19. The van der Waals surface area contributed by atoms with E-state index in [1.807, 2.05) is 0 Å². The molecule has 0 aromatic rings. The zero-order chi connectivity index (χ0) is 6.36. The molecule has 1 heterocycles. The lowest BCUT2D eigenvalue weighted by atomic mass is 10.9. The predicted octanol–water partition coefficient (Wildman–Crippen LogP) is 2.14. The molecule has 1 saturated heterocycles. The van der Waals surface area contributed by atoms with Gasteiger partial charge >= 0.3 is 0 Å². The largest absolute Gasteiger partial charge is 0.161 e. The summed E-state index contributed by atoms with van der Waals surface area (Å²) in [6, 6.07) is 0. The second kappa shape index (κ2) is 5.88. The molecule has 1 fully saturated rings. The van der Waals surface area contributed by atoms with Crippen molar-refractivity contribution in [1.29, 1.82) is 0 Å². The van der Waals surface area contributed by atoms with Crippen LogP contribution in [0.2, 0.25) is 0 Å². The van der Waals surface area contributed by atoms with E-state index in [4.69, 9.17) is 0 Å². The molecule has 0 aromatic heterocycles. The van der Waals surface area contributed by atoms with Crippen LogP contribution in [-0.4, -0.2) is 35.3 Å². The second-order valence-corrected chi connectivity index (χ2v) is 5.92. The third-order valence-electron chi connectivity index (χ3n) is 1.22. The van der Waals surface area contributed by atoms with Gasteiger partial charge in [-0.1, -0.05) is 0 Å². The first-order valence-electron chi connectivity index (χ1n) is 3.36. The monoisotopic (exact) mass is 180 g/mol. The van der Waals surface area contributed by atoms with Crippen molar-refractivity contribution < 1.29 is 0 Å². The summed E-state index contributed by atoms with van der Waals surface area (Å²) >= 11 is 4.26. The highest BCUT2D eigenvalue weighted by atomic mass is 32.2. The van der Waals surface area contributed by atoms with Crippen molar-refractivity contribution in [2.75, 3.05) is 35.3 Å². The first-order valence-corrected chi connectivity index (χ1v) is 7.09. The SMILES string of the molecule is C1CSCCSCCP1. The van der Waals surface area contributed by atoms with E-state index in [0.717, 1.165) is 0 Å². The maximum Gasteiger partial charge on any atom is 0.00237 e. The molecule has 1 aliphatic heterocycles. The standard InChI is InChI=1S/C6H13PS2/c1-3-8-5-6-9-4-2-7-1/h7H,1-6H2. The highest BCUT2D eigenvalue weighted by molar-refractivity contribution is 8.03. The fourth-order valence-corrected chi connectivity index (χ4v) is 4.65. The molecule has 0 saturated carbocycles. The molecule has 0 bridgehead atoms. The minimum Gasteiger partial charge on any atom is -0.161 e. The molecule has 9 heavy (non-hydrogen) atoms. The van der Waals surface area contributed by atoms with E-state index in [1.165, 1.54) is 43.9 Å². The zero-order valence-corrected chi connectivity index (χ0v) is 8.19. The van der Waals surface area contributed by atoms with Crippen LogP contribution in [-0.2, 0) is 0 Å². The Bertz CT molecular complexity index is 39.5. The van der Waals surface area contributed by atoms with Crippen LogP contribution in [0, 0.1) is 0 Å². The van der Waals surface area contributed by atoms with Crippen LogP contribution in [0.5, 0.6) is 0 Å². The molecule has 0 amide bonds. The number of hydrogen-bond donors (Lipinski definition) is 0.